The molecule has 0 aliphatic rings. The van der Waals surface area contributed by atoms with Crippen LogP contribution in [0.5, 0.6) is 0 Å². The molecule has 0 unspecified atom stereocenters. The van der Waals surface area contributed by atoms with Crippen LogP contribution < -0.4 is 5.32 Å². The molecule has 0 atom stereocenters. The fourth-order valence-corrected chi connectivity index (χ4v) is 2.29. The summed E-state index contributed by atoms with van der Waals surface area (Å²) in [5.41, 5.74) is 1.93. The Morgan fingerprint density at radius 2 is 2.00 bits per heavy atom. The number of carbonyl (C=O) groups excluding carboxylic acids is 1. The topological polar surface area (TPSA) is 46.4 Å². The molecule has 3 rings (SSSR count). The van der Waals surface area contributed by atoms with Crippen LogP contribution in [0.1, 0.15) is 10.4 Å². The van der Waals surface area contributed by atoms with Crippen LogP contribution >= 0.6 is 23.2 Å². The first-order valence-electron chi connectivity index (χ1n) is 5.83. The van der Waals surface area contributed by atoms with Gasteiger partial charge in [-0.2, -0.15) is 5.10 Å². The number of nitrogens with one attached hydrogen (secondary N) is 1. The van der Waals surface area contributed by atoms with Crippen molar-refractivity contribution in [1.29, 1.82) is 0 Å². The number of halogens is 2. The molecule has 0 saturated carbocycles. The van der Waals surface area contributed by atoms with E-state index in [1.807, 2.05) is 12.1 Å². The summed E-state index contributed by atoms with van der Waals surface area (Å²) in [7, 11) is 0. The molecule has 1 aromatic carbocycles. The molecule has 0 aliphatic carbocycles. The maximum absolute atomic E-state index is 12.2. The van der Waals surface area contributed by atoms with Crippen LogP contribution in [0.15, 0.2) is 48.8 Å². The van der Waals surface area contributed by atoms with Crippen molar-refractivity contribution >= 4 is 40.3 Å². The van der Waals surface area contributed by atoms with Crippen molar-refractivity contribution in [2.24, 2.45) is 0 Å². The third kappa shape index (κ3) is 2.48. The molecule has 3 aromatic rings. The molecule has 0 fully saturated rings. The lowest BCUT2D eigenvalue weighted by Crippen LogP contribution is -2.13. The van der Waals surface area contributed by atoms with Crippen molar-refractivity contribution in [3.05, 3.63) is 64.4 Å². The van der Waals surface area contributed by atoms with Crippen molar-refractivity contribution in [1.82, 2.24) is 9.61 Å². The number of anilines is 1. The first kappa shape index (κ1) is 13.0. The Morgan fingerprint density at radius 1 is 1.15 bits per heavy atom. The summed E-state index contributed by atoms with van der Waals surface area (Å²) < 4.78 is 1.64. The zero-order valence-electron chi connectivity index (χ0n) is 10.2. The molecule has 0 spiro atoms. The Hall–Kier alpha value is -2.04. The number of hydrogen-bond acceptors (Lipinski definition) is 2. The minimum atomic E-state index is -0.258. The first-order chi connectivity index (χ1) is 9.63. The van der Waals surface area contributed by atoms with Crippen LogP contribution in [0.3, 0.4) is 0 Å². The molecule has 20 heavy (non-hydrogen) atoms. The van der Waals surface area contributed by atoms with Crippen LogP contribution in [0.2, 0.25) is 10.0 Å². The van der Waals surface area contributed by atoms with E-state index in [2.05, 4.69) is 10.4 Å². The summed E-state index contributed by atoms with van der Waals surface area (Å²) in [6, 6.07) is 10.3. The average molecular weight is 306 g/mol. The van der Waals surface area contributed by atoms with E-state index < -0.39 is 0 Å². The number of hydrogen-bond donors (Lipinski definition) is 1. The van der Waals surface area contributed by atoms with Gasteiger partial charge in [0.25, 0.3) is 5.91 Å². The third-order valence-electron chi connectivity index (χ3n) is 2.84. The highest BCUT2D eigenvalue weighted by Crippen LogP contribution is 2.25. The van der Waals surface area contributed by atoms with Gasteiger partial charge in [0.15, 0.2) is 0 Å². The number of pyridine rings is 1. The van der Waals surface area contributed by atoms with E-state index in [1.165, 1.54) is 0 Å². The molecule has 2 aromatic heterocycles. The summed E-state index contributed by atoms with van der Waals surface area (Å²) in [5, 5.41) is 7.74. The van der Waals surface area contributed by atoms with Crippen molar-refractivity contribution < 1.29 is 4.79 Å². The van der Waals surface area contributed by atoms with Crippen molar-refractivity contribution in [3.8, 4) is 0 Å². The highest BCUT2D eigenvalue weighted by atomic mass is 35.5. The molecule has 4 nitrogen and oxygen atoms in total. The summed E-state index contributed by atoms with van der Waals surface area (Å²) in [4.78, 5) is 12.2. The van der Waals surface area contributed by atoms with E-state index in [0.717, 1.165) is 5.52 Å². The van der Waals surface area contributed by atoms with Crippen molar-refractivity contribution in [2.75, 3.05) is 5.32 Å². The van der Waals surface area contributed by atoms with E-state index in [1.54, 1.807) is 41.2 Å². The summed E-state index contributed by atoms with van der Waals surface area (Å²) >= 11 is 11.8. The minimum absolute atomic E-state index is 0.258. The molecule has 1 amide bonds. The maximum atomic E-state index is 12.2. The molecule has 0 aliphatic heterocycles. The highest BCUT2D eigenvalue weighted by molar-refractivity contribution is 6.36. The van der Waals surface area contributed by atoms with E-state index in [-0.39, 0.29) is 5.91 Å². The van der Waals surface area contributed by atoms with Gasteiger partial charge in [-0.1, -0.05) is 23.2 Å². The van der Waals surface area contributed by atoms with Crippen LogP contribution in [0, 0.1) is 0 Å². The number of aromatic nitrogens is 2. The van der Waals surface area contributed by atoms with E-state index in [0.29, 0.717) is 21.3 Å². The second-order valence-corrected chi connectivity index (χ2v) is 5.04. The van der Waals surface area contributed by atoms with Gasteiger partial charge in [0, 0.05) is 17.4 Å². The summed E-state index contributed by atoms with van der Waals surface area (Å²) in [6.45, 7) is 0. The Balaban J connectivity index is 1.88. The highest BCUT2D eigenvalue weighted by Gasteiger charge is 2.09. The molecule has 2 heterocycles. The van der Waals surface area contributed by atoms with Gasteiger partial charge in [0.2, 0.25) is 0 Å². The zero-order chi connectivity index (χ0) is 14.1. The van der Waals surface area contributed by atoms with Crippen molar-refractivity contribution in [3.63, 3.8) is 0 Å². The van der Waals surface area contributed by atoms with Gasteiger partial charge >= 0.3 is 0 Å². The second-order valence-electron chi connectivity index (χ2n) is 4.20. The van der Waals surface area contributed by atoms with Gasteiger partial charge in [0.05, 0.1) is 21.8 Å². The SMILES string of the molecule is O=C(Nc1ccc(Cl)cc1Cl)c1ccc2ccnn2c1. The number of amides is 1. The number of rotatable bonds is 2. The number of fused-ring (bicyclic) bond motifs is 1. The Kier molecular flexibility index (Phi) is 3.34. The lowest BCUT2D eigenvalue weighted by Gasteiger charge is -2.07. The molecular weight excluding hydrogens is 297 g/mol. The molecule has 0 saturated heterocycles. The summed E-state index contributed by atoms with van der Waals surface area (Å²) in [6.07, 6.45) is 3.33. The lowest BCUT2D eigenvalue weighted by atomic mass is 10.2. The van der Waals surface area contributed by atoms with Crippen LogP contribution in [0.4, 0.5) is 5.69 Å². The number of benzene rings is 1. The zero-order valence-corrected chi connectivity index (χ0v) is 11.7. The number of nitrogens with zero attached hydrogens (tertiary/aromatic N) is 2. The Labute approximate surface area is 124 Å². The standard InChI is InChI=1S/C14H9Cl2N3O/c15-10-2-4-13(12(16)7-10)18-14(20)9-1-3-11-5-6-17-19(11)8-9/h1-8H,(H,18,20). The smallest absolute Gasteiger partial charge is 0.257 e. The van der Waals surface area contributed by atoms with Crippen LogP contribution in [-0.4, -0.2) is 15.5 Å². The fraction of sp³-hybridized carbons (Fsp3) is 0. The van der Waals surface area contributed by atoms with Gasteiger partial charge in [-0.05, 0) is 36.4 Å². The van der Waals surface area contributed by atoms with Gasteiger partial charge in [-0.3, -0.25) is 4.79 Å². The first-order valence-corrected chi connectivity index (χ1v) is 6.59. The molecule has 0 bridgehead atoms. The molecule has 100 valence electrons. The number of carbonyl (C=O) groups is 1. The van der Waals surface area contributed by atoms with Gasteiger partial charge in [-0.25, -0.2) is 4.52 Å². The van der Waals surface area contributed by atoms with E-state index in [9.17, 15) is 4.79 Å². The maximum Gasteiger partial charge on any atom is 0.257 e. The van der Waals surface area contributed by atoms with Gasteiger partial charge in [-0.15, -0.1) is 0 Å². The molecule has 0 radical (unpaired) electrons. The normalized spacial score (nSPS) is 10.7. The van der Waals surface area contributed by atoms with Crippen LogP contribution in [0.25, 0.3) is 5.52 Å². The van der Waals surface area contributed by atoms with E-state index >= 15 is 0 Å². The largest absolute Gasteiger partial charge is 0.321 e. The lowest BCUT2D eigenvalue weighted by molar-refractivity contribution is 0.102. The van der Waals surface area contributed by atoms with Crippen molar-refractivity contribution in [2.45, 2.75) is 0 Å². The Morgan fingerprint density at radius 3 is 2.80 bits per heavy atom. The van der Waals surface area contributed by atoms with Crippen LogP contribution in [-0.2, 0) is 0 Å². The van der Waals surface area contributed by atoms with Gasteiger partial charge in [0.1, 0.15) is 0 Å². The van der Waals surface area contributed by atoms with Gasteiger partial charge < -0.3 is 5.32 Å². The van der Waals surface area contributed by atoms with E-state index in [4.69, 9.17) is 23.2 Å². The molecular formula is C14H9Cl2N3O. The predicted octanol–water partition coefficient (Wildman–Crippen LogP) is 3.89. The minimum Gasteiger partial charge on any atom is -0.321 e. The quantitative estimate of drug-likeness (QED) is 0.780. The third-order valence-corrected chi connectivity index (χ3v) is 3.39. The second kappa shape index (κ2) is 5.15. The molecule has 1 N–H and O–H groups in total. The molecule has 6 heteroatoms. The monoisotopic (exact) mass is 305 g/mol. The fourth-order valence-electron chi connectivity index (χ4n) is 1.83. The average Bonchev–Trinajstić information content (AvgIpc) is 2.89. The Bertz CT molecular complexity index is 798. The predicted molar refractivity (Wildman–Crippen MR) is 79.6 cm³/mol. The summed E-state index contributed by atoms with van der Waals surface area (Å²) in [5.74, 6) is -0.258.